The Morgan fingerprint density at radius 1 is 0.971 bits per heavy atom. The van der Waals surface area contributed by atoms with E-state index in [0.717, 1.165) is 29.6 Å². The molecule has 0 saturated carbocycles. The minimum Gasteiger partial charge on any atom is -0.452 e. The molecule has 0 aliphatic carbocycles. The Morgan fingerprint density at radius 3 is 2.38 bits per heavy atom. The van der Waals surface area contributed by atoms with E-state index < -0.39 is 11.9 Å². The molecule has 1 fully saturated rings. The second kappa shape index (κ2) is 10.5. The first-order valence-electron chi connectivity index (χ1n) is 11.5. The molecule has 0 bridgehead atoms. The van der Waals surface area contributed by atoms with Gasteiger partial charge < -0.3 is 19.4 Å². The Kier molecular flexibility index (Phi) is 7.27. The van der Waals surface area contributed by atoms with Crippen LogP contribution in [0.5, 0.6) is 5.75 Å². The summed E-state index contributed by atoms with van der Waals surface area (Å²) in [5, 5.41) is 0.980. The molecule has 0 radical (unpaired) electrons. The second-order valence-electron chi connectivity index (χ2n) is 8.62. The molecule has 1 saturated heterocycles. The molecule has 1 amide bonds. The summed E-state index contributed by atoms with van der Waals surface area (Å²) in [4.78, 5) is 44.2. The first-order valence-corrected chi connectivity index (χ1v) is 11.5. The van der Waals surface area contributed by atoms with E-state index in [-0.39, 0.29) is 24.5 Å². The number of carbonyl (C=O) groups excluding carboxylic acids is 3. The highest BCUT2D eigenvalue weighted by atomic mass is 16.5. The van der Waals surface area contributed by atoms with Gasteiger partial charge in [0.2, 0.25) is 0 Å². The summed E-state index contributed by atoms with van der Waals surface area (Å²) >= 11 is 0. The molecule has 1 aliphatic heterocycles. The number of carbonyl (C=O) groups is 3. The van der Waals surface area contributed by atoms with E-state index in [1.54, 1.807) is 11.1 Å². The van der Waals surface area contributed by atoms with Crippen molar-refractivity contribution in [2.75, 3.05) is 32.8 Å². The standard InChI is InChI=1S/C26H29N3O5/c1-18(2)28-11-13-29(14-12-28)24(30)17-33-26(32)19-7-9-21(10-8-19)34-25(31)15-20-16-27-23-6-4-3-5-22(20)23/h3-10,16,18,27H,11-15,17H2,1-2H3. The quantitative estimate of drug-likeness (QED) is 0.428. The van der Waals surface area contributed by atoms with Gasteiger partial charge in [0.1, 0.15) is 5.75 Å². The largest absolute Gasteiger partial charge is 0.452 e. The Hall–Kier alpha value is -3.65. The van der Waals surface area contributed by atoms with Crippen LogP contribution in [-0.2, 0) is 20.7 Å². The van der Waals surface area contributed by atoms with Gasteiger partial charge in [-0.1, -0.05) is 18.2 Å². The van der Waals surface area contributed by atoms with E-state index in [2.05, 4.69) is 23.7 Å². The zero-order chi connectivity index (χ0) is 24.1. The van der Waals surface area contributed by atoms with Crippen molar-refractivity contribution in [3.05, 3.63) is 65.9 Å². The maximum absolute atomic E-state index is 12.4. The number of amides is 1. The van der Waals surface area contributed by atoms with Gasteiger partial charge in [0.05, 0.1) is 12.0 Å². The van der Waals surface area contributed by atoms with Gasteiger partial charge in [0.15, 0.2) is 6.61 Å². The summed E-state index contributed by atoms with van der Waals surface area (Å²) in [6.07, 6.45) is 1.93. The van der Waals surface area contributed by atoms with Gasteiger partial charge in [-0.15, -0.1) is 0 Å². The molecule has 0 spiro atoms. The molecule has 0 unspecified atom stereocenters. The molecule has 8 nitrogen and oxygen atoms in total. The van der Waals surface area contributed by atoms with Gasteiger partial charge in [-0.2, -0.15) is 0 Å². The van der Waals surface area contributed by atoms with Crippen LogP contribution >= 0.6 is 0 Å². The molecule has 3 aromatic rings. The lowest BCUT2D eigenvalue weighted by atomic mass is 10.1. The van der Waals surface area contributed by atoms with Gasteiger partial charge in [-0.25, -0.2) is 4.79 Å². The fourth-order valence-electron chi connectivity index (χ4n) is 4.05. The van der Waals surface area contributed by atoms with Crippen molar-refractivity contribution >= 4 is 28.7 Å². The molecule has 1 N–H and O–H groups in total. The third-order valence-electron chi connectivity index (χ3n) is 6.06. The molecule has 2 aromatic carbocycles. The van der Waals surface area contributed by atoms with E-state index >= 15 is 0 Å². The van der Waals surface area contributed by atoms with Crippen LogP contribution in [0.4, 0.5) is 0 Å². The number of para-hydroxylation sites is 1. The monoisotopic (exact) mass is 463 g/mol. The number of hydrogen-bond donors (Lipinski definition) is 1. The predicted octanol–water partition coefficient (Wildman–Crippen LogP) is 3.03. The van der Waals surface area contributed by atoms with Crippen LogP contribution in [0.3, 0.4) is 0 Å². The van der Waals surface area contributed by atoms with Crippen molar-refractivity contribution in [1.29, 1.82) is 0 Å². The van der Waals surface area contributed by atoms with Crippen molar-refractivity contribution in [2.45, 2.75) is 26.3 Å². The summed E-state index contributed by atoms with van der Waals surface area (Å²) in [6, 6.07) is 14.3. The highest BCUT2D eigenvalue weighted by Gasteiger charge is 2.23. The number of nitrogens with zero attached hydrogens (tertiary/aromatic N) is 2. The van der Waals surface area contributed by atoms with Gasteiger partial charge in [-0.3, -0.25) is 14.5 Å². The highest BCUT2D eigenvalue weighted by molar-refractivity contribution is 5.91. The summed E-state index contributed by atoms with van der Waals surface area (Å²) in [6.45, 7) is 6.88. The molecular formula is C26H29N3O5. The fourth-order valence-corrected chi connectivity index (χ4v) is 4.05. The van der Waals surface area contributed by atoms with Crippen LogP contribution in [0.15, 0.2) is 54.7 Å². The predicted molar refractivity (Wildman–Crippen MR) is 128 cm³/mol. The van der Waals surface area contributed by atoms with Gasteiger partial charge >= 0.3 is 11.9 Å². The van der Waals surface area contributed by atoms with Crippen LogP contribution in [0.1, 0.15) is 29.8 Å². The van der Waals surface area contributed by atoms with Crippen molar-refractivity contribution in [1.82, 2.24) is 14.8 Å². The Morgan fingerprint density at radius 2 is 1.68 bits per heavy atom. The SMILES string of the molecule is CC(C)N1CCN(C(=O)COC(=O)c2ccc(OC(=O)Cc3c[nH]c4ccccc34)cc2)CC1. The molecule has 2 heterocycles. The second-order valence-corrected chi connectivity index (χ2v) is 8.62. The maximum atomic E-state index is 12.4. The number of H-pyrrole nitrogens is 1. The molecule has 0 atom stereocenters. The first kappa shape index (κ1) is 23.5. The average molecular weight is 464 g/mol. The number of hydrogen-bond acceptors (Lipinski definition) is 6. The first-order chi connectivity index (χ1) is 16.4. The molecule has 1 aliphatic rings. The van der Waals surface area contributed by atoms with Crippen molar-refractivity contribution in [3.8, 4) is 5.75 Å². The summed E-state index contributed by atoms with van der Waals surface area (Å²) < 4.78 is 10.6. The zero-order valence-electron chi connectivity index (χ0n) is 19.5. The lowest BCUT2D eigenvalue weighted by Gasteiger charge is -2.36. The zero-order valence-corrected chi connectivity index (χ0v) is 19.5. The summed E-state index contributed by atoms with van der Waals surface area (Å²) in [5.41, 5.74) is 2.11. The summed E-state index contributed by atoms with van der Waals surface area (Å²) in [5.74, 6) is -0.853. The number of aromatic amines is 1. The van der Waals surface area contributed by atoms with E-state index in [1.165, 1.54) is 24.3 Å². The van der Waals surface area contributed by atoms with Crippen LogP contribution in [-0.4, -0.2) is 71.5 Å². The molecule has 178 valence electrons. The van der Waals surface area contributed by atoms with E-state index in [1.807, 2.05) is 24.3 Å². The van der Waals surface area contributed by atoms with Crippen molar-refractivity contribution < 1.29 is 23.9 Å². The third-order valence-corrected chi connectivity index (χ3v) is 6.06. The minimum atomic E-state index is -0.592. The Balaban J connectivity index is 1.24. The summed E-state index contributed by atoms with van der Waals surface area (Å²) in [7, 11) is 0. The number of rotatable bonds is 7. The average Bonchev–Trinajstić information content (AvgIpc) is 3.25. The highest BCUT2D eigenvalue weighted by Crippen LogP contribution is 2.20. The molecular weight excluding hydrogens is 434 g/mol. The van der Waals surface area contributed by atoms with Crippen molar-refractivity contribution in [3.63, 3.8) is 0 Å². The Bertz CT molecular complexity index is 1160. The Labute approximate surface area is 198 Å². The smallest absolute Gasteiger partial charge is 0.338 e. The van der Waals surface area contributed by atoms with Crippen LogP contribution in [0.2, 0.25) is 0 Å². The molecule has 34 heavy (non-hydrogen) atoms. The van der Waals surface area contributed by atoms with Crippen molar-refractivity contribution in [2.24, 2.45) is 0 Å². The topological polar surface area (TPSA) is 91.9 Å². The fraction of sp³-hybridized carbons (Fsp3) is 0.346. The van der Waals surface area contributed by atoms with Crippen LogP contribution in [0.25, 0.3) is 10.9 Å². The lowest BCUT2D eigenvalue weighted by molar-refractivity contribution is -0.136. The lowest BCUT2D eigenvalue weighted by Crippen LogP contribution is -2.51. The third kappa shape index (κ3) is 5.63. The normalized spacial score (nSPS) is 14.4. The number of nitrogens with one attached hydrogen (secondary N) is 1. The van der Waals surface area contributed by atoms with Gasteiger partial charge in [0.25, 0.3) is 5.91 Å². The van der Waals surface area contributed by atoms with E-state index in [4.69, 9.17) is 9.47 Å². The number of fused-ring (bicyclic) bond motifs is 1. The molecule has 1 aromatic heterocycles. The molecule has 4 rings (SSSR count). The molecule has 8 heteroatoms. The maximum Gasteiger partial charge on any atom is 0.338 e. The van der Waals surface area contributed by atoms with Crippen LogP contribution < -0.4 is 4.74 Å². The van der Waals surface area contributed by atoms with E-state index in [0.29, 0.717) is 24.9 Å². The number of esters is 2. The minimum absolute atomic E-state index is 0.126. The number of ether oxygens (including phenoxy) is 2. The van der Waals surface area contributed by atoms with Gasteiger partial charge in [0, 0.05) is 49.3 Å². The van der Waals surface area contributed by atoms with Crippen LogP contribution in [0, 0.1) is 0 Å². The number of piperazine rings is 1. The number of aromatic nitrogens is 1. The van der Waals surface area contributed by atoms with E-state index in [9.17, 15) is 14.4 Å². The number of benzene rings is 2. The van der Waals surface area contributed by atoms with Gasteiger partial charge in [-0.05, 0) is 49.7 Å².